The molecule has 0 unspecified atom stereocenters. The molecule has 0 atom stereocenters. The summed E-state index contributed by atoms with van der Waals surface area (Å²) < 4.78 is 11.7. The average Bonchev–Trinajstić information content (AvgIpc) is 2.74. The Labute approximate surface area is 167 Å². The van der Waals surface area contributed by atoms with Crippen molar-refractivity contribution in [1.82, 2.24) is 4.57 Å². The highest BCUT2D eigenvalue weighted by Gasteiger charge is 2.18. The minimum Gasteiger partial charge on any atom is -0.507 e. The predicted octanol–water partition coefficient (Wildman–Crippen LogP) is 2.97. The molecule has 0 aliphatic heterocycles. The molecule has 29 heavy (non-hydrogen) atoms. The van der Waals surface area contributed by atoms with Gasteiger partial charge in [-0.3, -0.25) is 14.2 Å². The Morgan fingerprint density at radius 3 is 2.45 bits per heavy atom. The maximum Gasteiger partial charge on any atom is 0.273 e. The van der Waals surface area contributed by atoms with Gasteiger partial charge < -0.3 is 14.6 Å². The zero-order valence-corrected chi connectivity index (χ0v) is 16.1. The van der Waals surface area contributed by atoms with Gasteiger partial charge in [-0.1, -0.05) is 11.6 Å². The Balaban J connectivity index is 2.20. The van der Waals surface area contributed by atoms with Crippen LogP contribution >= 0.6 is 0 Å². The normalized spacial score (nSPS) is 10.3. The number of ether oxygens (including phenoxy) is 2. The van der Waals surface area contributed by atoms with Crippen LogP contribution in [0.15, 0.2) is 53.5 Å². The summed E-state index contributed by atoms with van der Waals surface area (Å²) in [5.41, 5.74) is 0.595. The lowest BCUT2D eigenvalue weighted by molar-refractivity contribution is 0.103. The topological polar surface area (TPSA) is 102 Å². The fraction of sp³-hybridized carbons (Fsp3) is 0.136. The van der Waals surface area contributed by atoms with E-state index in [1.807, 2.05) is 6.07 Å². The lowest BCUT2D eigenvalue weighted by atomic mass is 10.0. The first-order chi connectivity index (χ1) is 13.9. The van der Waals surface area contributed by atoms with Gasteiger partial charge in [0.05, 0.1) is 25.5 Å². The SMILES string of the molecule is COc1ccc(-n2cc(C(=O)c3cc(C)ccc3O)cc(C#N)c2=O)cc1OC. The van der Waals surface area contributed by atoms with E-state index in [-0.39, 0.29) is 22.4 Å². The Hall–Kier alpha value is -4.05. The summed E-state index contributed by atoms with van der Waals surface area (Å²) in [6.07, 6.45) is 1.34. The van der Waals surface area contributed by atoms with Gasteiger partial charge in [-0.2, -0.15) is 5.26 Å². The zero-order valence-electron chi connectivity index (χ0n) is 16.1. The Morgan fingerprint density at radius 1 is 1.07 bits per heavy atom. The van der Waals surface area contributed by atoms with Crippen LogP contribution in [0.3, 0.4) is 0 Å². The number of hydrogen-bond donors (Lipinski definition) is 1. The maximum atomic E-state index is 13.0. The summed E-state index contributed by atoms with van der Waals surface area (Å²) in [7, 11) is 2.96. The molecule has 0 spiro atoms. The van der Waals surface area contributed by atoms with Gasteiger partial charge in [0.15, 0.2) is 17.3 Å². The maximum absolute atomic E-state index is 13.0. The van der Waals surface area contributed by atoms with Crippen LogP contribution in [0.2, 0.25) is 0 Å². The van der Waals surface area contributed by atoms with Crippen LogP contribution in [0, 0.1) is 18.3 Å². The molecule has 1 heterocycles. The largest absolute Gasteiger partial charge is 0.507 e. The third-order valence-electron chi connectivity index (χ3n) is 4.44. The minimum atomic E-state index is -0.579. The molecule has 3 aromatic rings. The Kier molecular flexibility index (Phi) is 5.37. The number of phenols is 1. The van der Waals surface area contributed by atoms with Gasteiger partial charge in [0.25, 0.3) is 5.56 Å². The van der Waals surface area contributed by atoms with E-state index in [9.17, 15) is 20.0 Å². The number of hydrogen-bond acceptors (Lipinski definition) is 6. The third-order valence-corrected chi connectivity index (χ3v) is 4.44. The van der Waals surface area contributed by atoms with Crippen molar-refractivity contribution < 1.29 is 19.4 Å². The monoisotopic (exact) mass is 390 g/mol. The lowest BCUT2D eigenvalue weighted by Crippen LogP contribution is -2.22. The summed E-state index contributed by atoms with van der Waals surface area (Å²) in [5.74, 6) is 0.185. The molecule has 146 valence electrons. The number of aryl methyl sites for hydroxylation is 1. The summed E-state index contributed by atoms with van der Waals surface area (Å²) in [6.45, 7) is 1.79. The molecular formula is C22H18N2O5. The fourth-order valence-electron chi connectivity index (χ4n) is 2.94. The zero-order chi connectivity index (χ0) is 21.1. The van der Waals surface area contributed by atoms with E-state index in [4.69, 9.17) is 9.47 Å². The molecule has 7 nitrogen and oxygen atoms in total. The molecule has 0 amide bonds. The molecule has 1 N–H and O–H groups in total. The number of benzene rings is 2. The fourth-order valence-corrected chi connectivity index (χ4v) is 2.94. The second-order valence-corrected chi connectivity index (χ2v) is 6.32. The first kappa shape index (κ1) is 19.7. The van der Waals surface area contributed by atoms with E-state index in [0.717, 1.165) is 5.56 Å². The summed E-state index contributed by atoms with van der Waals surface area (Å²) in [5, 5.41) is 19.5. The highest BCUT2D eigenvalue weighted by molar-refractivity contribution is 6.10. The number of rotatable bonds is 5. The second kappa shape index (κ2) is 7.90. The molecule has 0 saturated heterocycles. The van der Waals surface area contributed by atoms with E-state index < -0.39 is 11.3 Å². The number of aromatic hydroxyl groups is 1. The number of nitriles is 1. The quantitative estimate of drug-likeness (QED) is 0.672. The van der Waals surface area contributed by atoms with E-state index >= 15 is 0 Å². The minimum absolute atomic E-state index is 0.0893. The second-order valence-electron chi connectivity index (χ2n) is 6.32. The molecule has 0 fully saturated rings. The van der Waals surface area contributed by atoms with Crippen LogP contribution in [-0.4, -0.2) is 29.7 Å². The van der Waals surface area contributed by atoms with Crippen molar-refractivity contribution >= 4 is 5.78 Å². The standard InChI is InChI=1S/C22H18N2O5/c1-13-4-6-18(25)17(8-13)21(26)15-9-14(11-23)22(27)24(12-15)16-5-7-19(28-2)20(10-16)29-3/h4-10,12,25H,1-3H3. The van der Waals surface area contributed by atoms with Crippen LogP contribution in [0.1, 0.15) is 27.0 Å². The van der Waals surface area contributed by atoms with Crippen LogP contribution in [0.4, 0.5) is 0 Å². The number of nitrogens with zero attached hydrogens (tertiary/aromatic N) is 2. The average molecular weight is 390 g/mol. The number of carbonyl (C=O) groups excluding carboxylic acids is 1. The molecule has 0 radical (unpaired) electrons. The van der Waals surface area contributed by atoms with Crippen molar-refractivity contribution in [2.75, 3.05) is 14.2 Å². The smallest absolute Gasteiger partial charge is 0.273 e. The number of ketones is 1. The van der Waals surface area contributed by atoms with Gasteiger partial charge in [-0.25, -0.2) is 0 Å². The summed E-state index contributed by atoms with van der Waals surface area (Å²) >= 11 is 0. The third kappa shape index (κ3) is 3.69. The molecule has 0 bridgehead atoms. The van der Waals surface area contributed by atoms with Crippen molar-refractivity contribution in [3.8, 4) is 29.0 Å². The molecule has 1 aromatic heterocycles. The van der Waals surface area contributed by atoms with Gasteiger partial charge in [0.1, 0.15) is 17.4 Å². The molecule has 0 saturated carbocycles. The summed E-state index contributed by atoms with van der Waals surface area (Å²) in [6, 6.07) is 12.5. The highest BCUT2D eigenvalue weighted by atomic mass is 16.5. The van der Waals surface area contributed by atoms with Crippen LogP contribution in [0.25, 0.3) is 5.69 Å². The van der Waals surface area contributed by atoms with Crippen molar-refractivity contribution in [1.29, 1.82) is 5.26 Å². The van der Waals surface area contributed by atoms with E-state index in [1.165, 1.54) is 37.1 Å². The number of aromatic nitrogens is 1. The number of phenolic OH excluding ortho intramolecular Hbond substituents is 1. The molecule has 7 heteroatoms. The van der Waals surface area contributed by atoms with Gasteiger partial charge in [0, 0.05) is 17.8 Å². The Morgan fingerprint density at radius 2 is 1.79 bits per heavy atom. The van der Waals surface area contributed by atoms with Crippen LogP contribution in [0.5, 0.6) is 17.2 Å². The molecule has 0 aliphatic carbocycles. The van der Waals surface area contributed by atoms with Crippen LogP contribution < -0.4 is 15.0 Å². The van der Waals surface area contributed by atoms with Crippen LogP contribution in [-0.2, 0) is 0 Å². The van der Waals surface area contributed by atoms with Crippen molar-refractivity contribution in [2.24, 2.45) is 0 Å². The number of pyridine rings is 1. The summed E-state index contributed by atoms with van der Waals surface area (Å²) in [4.78, 5) is 25.7. The van der Waals surface area contributed by atoms with E-state index in [1.54, 1.807) is 37.3 Å². The Bertz CT molecular complexity index is 1200. The van der Waals surface area contributed by atoms with Crippen molar-refractivity contribution in [2.45, 2.75) is 6.92 Å². The molecule has 2 aromatic carbocycles. The predicted molar refractivity (Wildman–Crippen MR) is 106 cm³/mol. The number of carbonyl (C=O) groups is 1. The first-order valence-corrected chi connectivity index (χ1v) is 8.63. The molecule has 0 aliphatic rings. The van der Waals surface area contributed by atoms with Gasteiger partial charge in [0.2, 0.25) is 0 Å². The molecule has 3 rings (SSSR count). The number of methoxy groups -OCH3 is 2. The highest BCUT2D eigenvalue weighted by Crippen LogP contribution is 2.29. The van der Waals surface area contributed by atoms with Crippen molar-refractivity contribution in [3.63, 3.8) is 0 Å². The van der Waals surface area contributed by atoms with Gasteiger partial charge in [-0.15, -0.1) is 0 Å². The van der Waals surface area contributed by atoms with E-state index in [0.29, 0.717) is 17.2 Å². The van der Waals surface area contributed by atoms with E-state index in [2.05, 4.69) is 0 Å². The first-order valence-electron chi connectivity index (χ1n) is 8.63. The van der Waals surface area contributed by atoms with Crippen molar-refractivity contribution in [3.05, 3.63) is 81.3 Å². The van der Waals surface area contributed by atoms with Gasteiger partial charge >= 0.3 is 0 Å². The molecular weight excluding hydrogens is 372 g/mol. The lowest BCUT2D eigenvalue weighted by Gasteiger charge is -2.13. The van der Waals surface area contributed by atoms with Gasteiger partial charge in [-0.05, 0) is 37.3 Å².